The van der Waals surface area contributed by atoms with Gasteiger partial charge in [0.25, 0.3) is 5.91 Å². The first kappa shape index (κ1) is 24.7. The van der Waals surface area contributed by atoms with Gasteiger partial charge in [-0.3, -0.25) is 14.5 Å². The van der Waals surface area contributed by atoms with Gasteiger partial charge in [0.2, 0.25) is 0 Å². The molecule has 8 heteroatoms. The largest absolute Gasteiger partial charge is 0.497 e. The zero-order valence-corrected chi connectivity index (χ0v) is 20.6. The highest BCUT2D eigenvalue weighted by molar-refractivity contribution is 6.03. The number of benzene rings is 2. The van der Waals surface area contributed by atoms with Crippen molar-refractivity contribution >= 4 is 17.6 Å². The lowest BCUT2D eigenvalue weighted by Gasteiger charge is -2.34. The summed E-state index contributed by atoms with van der Waals surface area (Å²) in [6, 6.07) is 14.7. The van der Waals surface area contributed by atoms with Crippen LogP contribution in [0, 0.1) is 0 Å². The van der Waals surface area contributed by atoms with E-state index >= 15 is 0 Å². The van der Waals surface area contributed by atoms with Gasteiger partial charge in [0.05, 0.1) is 39.1 Å². The third-order valence-corrected chi connectivity index (χ3v) is 6.58. The van der Waals surface area contributed by atoms with Crippen molar-refractivity contribution in [1.29, 1.82) is 0 Å². The standard InChI is InChI=1S/C27H33N3O5/c1-4-35-27(32)23-12-8-9-15-29(23)18-26(31)30-24(17-22(28-30)19-10-6-5-7-11-19)21-14-13-20(33-2)16-25(21)34-3/h5-7,10-11,13-14,16,23-24H,4,8-9,12,15,17-18H2,1-3H3/t23-,24+/m1/s1. The van der Waals surface area contributed by atoms with Gasteiger partial charge in [-0.05, 0) is 44.0 Å². The van der Waals surface area contributed by atoms with E-state index in [1.807, 2.05) is 53.4 Å². The first-order valence-electron chi connectivity index (χ1n) is 12.1. The van der Waals surface area contributed by atoms with Crippen molar-refractivity contribution in [1.82, 2.24) is 9.91 Å². The summed E-state index contributed by atoms with van der Waals surface area (Å²) in [5.41, 5.74) is 2.67. The van der Waals surface area contributed by atoms with E-state index in [-0.39, 0.29) is 24.5 Å². The second-order valence-electron chi connectivity index (χ2n) is 8.71. The highest BCUT2D eigenvalue weighted by Gasteiger charge is 2.38. The fourth-order valence-electron chi connectivity index (χ4n) is 4.81. The van der Waals surface area contributed by atoms with Gasteiger partial charge in [-0.2, -0.15) is 5.10 Å². The summed E-state index contributed by atoms with van der Waals surface area (Å²) in [4.78, 5) is 28.1. The van der Waals surface area contributed by atoms with E-state index in [0.29, 0.717) is 37.5 Å². The number of rotatable bonds is 8. The van der Waals surface area contributed by atoms with Crippen LogP contribution in [0.3, 0.4) is 0 Å². The van der Waals surface area contributed by atoms with Gasteiger partial charge in [0, 0.05) is 18.1 Å². The Bertz CT molecular complexity index is 1070. The van der Waals surface area contributed by atoms with Gasteiger partial charge in [0.1, 0.15) is 17.5 Å². The summed E-state index contributed by atoms with van der Waals surface area (Å²) in [6.45, 7) is 2.90. The highest BCUT2D eigenvalue weighted by atomic mass is 16.5. The number of hydrogen-bond donors (Lipinski definition) is 0. The summed E-state index contributed by atoms with van der Waals surface area (Å²) in [6.07, 6.45) is 3.14. The molecule has 0 saturated carbocycles. The summed E-state index contributed by atoms with van der Waals surface area (Å²) in [5, 5.41) is 6.34. The lowest BCUT2D eigenvalue weighted by molar-refractivity contribution is -0.152. The van der Waals surface area contributed by atoms with E-state index in [4.69, 9.17) is 19.3 Å². The molecule has 0 N–H and O–H groups in total. The first-order chi connectivity index (χ1) is 17.0. The van der Waals surface area contributed by atoms with Crippen molar-refractivity contribution in [3.63, 3.8) is 0 Å². The van der Waals surface area contributed by atoms with Crippen molar-refractivity contribution in [2.75, 3.05) is 33.9 Å². The third kappa shape index (κ3) is 5.48. The zero-order valence-electron chi connectivity index (χ0n) is 20.6. The minimum atomic E-state index is -0.401. The van der Waals surface area contributed by atoms with E-state index in [2.05, 4.69) is 0 Å². The van der Waals surface area contributed by atoms with Crippen molar-refractivity contribution in [2.45, 2.75) is 44.7 Å². The van der Waals surface area contributed by atoms with Crippen LogP contribution in [-0.4, -0.2) is 67.5 Å². The Kier molecular flexibility index (Phi) is 8.02. The fourth-order valence-corrected chi connectivity index (χ4v) is 4.81. The van der Waals surface area contributed by atoms with Crippen LogP contribution in [0.25, 0.3) is 0 Å². The Morgan fingerprint density at radius 3 is 2.57 bits per heavy atom. The molecule has 8 nitrogen and oxygen atoms in total. The molecule has 2 heterocycles. The average molecular weight is 480 g/mol. The molecule has 1 amide bonds. The van der Waals surface area contributed by atoms with Gasteiger partial charge < -0.3 is 14.2 Å². The highest BCUT2D eigenvalue weighted by Crippen LogP contribution is 2.39. The van der Waals surface area contributed by atoms with Gasteiger partial charge in [0.15, 0.2) is 0 Å². The molecule has 0 unspecified atom stereocenters. The van der Waals surface area contributed by atoms with Crippen LogP contribution in [0.4, 0.5) is 0 Å². The minimum Gasteiger partial charge on any atom is -0.497 e. The SMILES string of the molecule is CCOC(=O)[C@H]1CCCCN1CC(=O)N1N=C(c2ccccc2)C[C@H]1c1ccc(OC)cc1OC. The van der Waals surface area contributed by atoms with Crippen LogP contribution < -0.4 is 9.47 Å². The molecule has 35 heavy (non-hydrogen) atoms. The maximum atomic E-state index is 13.7. The molecule has 2 aromatic carbocycles. The monoisotopic (exact) mass is 479 g/mol. The molecule has 0 aliphatic carbocycles. The van der Waals surface area contributed by atoms with Gasteiger partial charge in [-0.1, -0.05) is 36.8 Å². The van der Waals surface area contributed by atoms with Crippen LogP contribution in [0.1, 0.15) is 49.8 Å². The lowest BCUT2D eigenvalue weighted by Crippen LogP contribution is -2.49. The van der Waals surface area contributed by atoms with E-state index in [0.717, 1.165) is 29.7 Å². The van der Waals surface area contributed by atoms with Crippen molar-refractivity contribution < 1.29 is 23.8 Å². The molecule has 2 aliphatic rings. The topological polar surface area (TPSA) is 80.7 Å². The summed E-state index contributed by atoms with van der Waals surface area (Å²) >= 11 is 0. The number of nitrogens with zero attached hydrogens (tertiary/aromatic N) is 3. The normalized spacial score (nSPS) is 20.3. The molecular formula is C27H33N3O5. The Hall–Kier alpha value is -3.39. The minimum absolute atomic E-state index is 0.101. The summed E-state index contributed by atoms with van der Waals surface area (Å²) in [7, 11) is 3.21. The predicted octanol–water partition coefficient (Wildman–Crippen LogP) is 3.80. The second-order valence-corrected chi connectivity index (χ2v) is 8.71. The molecule has 186 valence electrons. The van der Waals surface area contributed by atoms with Crippen molar-refractivity contribution in [2.24, 2.45) is 5.10 Å². The number of methoxy groups -OCH3 is 2. The van der Waals surface area contributed by atoms with Gasteiger partial charge in [-0.25, -0.2) is 5.01 Å². The number of likely N-dealkylation sites (tertiary alicyclic amines) is 1. The van der Waals surface area contributed by atoms with Crippen LogP contribution in [0.2, 0.25) is 0 Å². The summed E-state index contributed by atoms with van der Waals surface area (Å²) < 4.78 is 16.3. The molecule has 0 aromatic heterocycles. The maximum absolute atomic E-state index is 13.7. The lowest BCUT2D eigenvalue weighted by atomic mass is 9.97. The number of hydrazone groups is 1. The van der Waals surface area contributed by atoms with E-state index in [1.165, 1.54) is 0 Å². The molecule has 0 bridgehead atoms. The quantitative estimate of drug-likeness (QED) is 0.536. The van der Waals surface area contributed by atoms with E-state index < -0.39 is 6.04 Å². The number of carbonyl (C=O) groups excluding carboxylic acids is 2. The number of hydrogen-bond acceptors (Lipinski definition) is 7. The molecule has 2 aliphatic heterocycles. The van der Waals surface area contributed by atoms with E-state index in [9.17, 15) is 9.59 Å². The second kappa shape index (κ2) is 11.4. The Balaban J connectivity index is 1.63. The predicted molar refractivity (Wildman–Crippen MR) is 133 cm³/mol. The van der Waals surface area contributed by atoms with Gasteiger partial charge in [-0.15, -0.1) is 0 Å². The number of amides is 1. The molecular weight excluding hydrogens is 446 g/mol. The van der Waals surface area contributed by atoms with Crippen molar-refractivity contribution in [3.05, 3.63) is 59.7 Å². The van der Waals surface area contributed by atoms with Gasteiger partial charge >= 0.3 is 5.97 Å². The third-order valence-electron chi connectivity index (χ3n) is 6.58. The first-order valence-corrected chi connectivity index (χ1v) is 12.1. The molecule has 4 rings (SSSR count). The summed E-state index contributed by atoms with van der Waals surface area (Å²) in [5.74, 6) is 0.897. The van der Waals surface area contributed by atoms with E-state index in [1.54, 1.807) is 26.2 Å². The number of piperidine rings is 1. The molecule has 0 radical (unpaired) electrons. The Labute approximate surface area is 206 Å². The fraction of sp³-hybridized carbons (Fsp3) is 0.444. The zero-order chi connectivity index (χ0) is 24.8. The molecule has 0 spiro atoms. The molecule has 1 saturated heterocycles. The van der Waals surface area contributed by atoms with Crippen LogP contribution >= 0.6 is 0 Å². The average Bonchev–Trinajstić information content (AvgIpc) is 3.35. The number of ether oxygens (including phenoxy) is 3. The number of esters is 1. The molecule has 1 fully saturated rings. The van der Waals surface area contributed by atoms with Crippen LogP contribution in [-0.2, 0) is 14.3 Å². The maximum Gasteiger partial charge on any atom is 0.323 e. The Morgan fingerprint density at radius 2 is 1.86 bits per heavy atom. The molecule has 2 atom stereocenters. The molecule has 2 aromatic rings. The van der Waals surface area contributed by atoms with Crippen molar-refractivity contribution in [3.8, 4) is 11.5 Å². The number of carbonyl (C=O) groups is 2. The smallest absolute Gasteiger partial charge is 0.323 e. The van der Waals surface area contributed by atoms with Crippen LogP contribution in [0.5, 0.6) is 11.5 Å². The van der Waals surface area contributed by atoms with Crippen LogP contribution in [0.15, 0.2) is 53.6 Å². The Morgan fingerprint density at radius 1 is 1.06 bits per heavy atom.